The molecule has 0 unspecified atom stereocenters. The number of carbonyl (C=O) groups is 2. The van der Waals surface area contributed by atoms with Gasteiger partial charge in [-0.15, -0.1) is 0 Å². The number of carboxylic acid groups (broad SMARTS) is 1. The van der Waals surface area contributed by atoms with Gasteiger partial charge in [0.15, 0.2) is 0 Å². The Kier molecular flexibility index (Phi) is 10.1. The van der Waals surface area contributed by atoms with E-state index in [1.165, 1.54) is 12.1 Å². The van der Waals surface area contributed by atoms with Gasteiger partial charge in [0.1, 0.15) is 16.3 Å². The number of amides is 1. The molecule has 0 fully saturated rings. The standard InChI is InChI=1S/C27H30Cl2N4O5S/c1-17(2)16-27(3,20-7-5-4-6-8-20)33-39(37,38)32-22(26(35)36)13-18-9-11-21(12-10-18)30-25(34)19-14-23(28)31-24(29)15-19/h4-12,14-15,17,22,32-33H,13,16H2,1-3H3,(H,30,34)(H,35,36)/t22-,27-/m0/s1. The lowest BCUT2D eigenvalue weighted by Gasteiger charge is -2.33. The number of nitrogens with one attached hydrogen (secondary N) is 3. The van der Waals surface area contributed by atoms with Gasteiger partial charge in [0.25, 0.3) is 16.1 Å². The predicted octanol–water partition coefficient (Wildman–Crippen LogP) is 5.02. The molecule has 0 aliphatic heterocycles. The maximum Gasteiger partial charge on any atom is 0.322 e. The van der Waals surface area contributed by atoms with E-state index in [9.17, 15) is 23.1 Å². The molecule has 0 saturated carbocycles. The van der Waals surface area contributed by atoms with Crippen LogP contribution in [-0.4, -0.2) is 36.4 Å². The van der Waals surface area contributed by atoms with Crippen molar-refractivity contribution in [1.29, 1.82) is 0 Å². The van der Waals surface area contributed by atoms with Gasteiger partial charge in [0, 0.05) is 11.3 Å². The summed E-state index contributed by atoms with van der Waals surface area (Å²) in [6, 6.07) is 16.8. The number of carboxylic acids is 1. The number of carbonyl (C=O) groups excluding carboxylic acids is 1. The van der Waals surface area contributed by atoms with E-state index in [0.29, 0.717) is 17.7 Å². The number of halogens is 2. The molecule has 4 N–H and O–H groups in total. The average molecular weight is 594 g/mol. The van der Waals surface area contributed by atoms with Gasteiger partial charge in [0.2, 0.25) is 0 Å². The fourth-order valence-electron chi connectivity index (χ4n) is 4.29. The number of hydrogen-bond acceptors (Lipinski definition) is 5. The Morgan fingerprint density at radius 1 is 1.00 bits per heavy atom. The van der Waals surface area contributed by atoms with Crippen molar-refractivity contribution in [3.8, 4) is 0 Å². The second-order valence-corrected chi connectivity index (χ2v) is 12.0. The molecule has 39 heavy (non-hydrogen) atoms. The Bertz CT molecular complexity index is 1400. The maximum absolute atomic E-state index is 13.1. The normalized spacial score (nSPS) is 14.0. The Balaban J connectivity index is 1.71. The van der Waals surface area contributed by atoms with E-state index in [-0.39, 0.29) is 28.2 Å². The zero-order chi connectivity index (χ0) is 28.8. The molecule has 1 amide bonds. The van der Waals surface area contributed by atoms with Gasteiger partial charge in [-0.3, -0.25) is 9.59 Å². The summed E-state index contributed by atoms with van der Waals surface area (Å²) >= 11 is 11.7. The molecular weight excluding hydrogens is 563 g/mol. The highest BCUT2D eigenvalue weighted by atomic mass is 35.5. The van der Waals surface area contributed by atoms with Crippen molar-refractivity contribution in [2.75, 3.05) is 5.32 Å². The third-order valence-electron chi connectivity index (χ3n) is 5.86. The summed E-state index contributed by atoms with van der Waals surface area (Å²) in [7, 11) is -4.22. The minimum atomic E-state index is -4.22. The second-order valence-electron chi connectivity index (χ2n) is 9.77. The van der Waals surface area contributed by atoms with Crippen LogP contribution in [0.4, 0.5) is 5.69 Å². The second kappa shape index (κ2) is 12.9. The molecule has 208 valence electrons. The molecule has 0 radical (unpaired) electrons. The molecule has 1 heterocycles. The van der Waals surface area contributed by atoms with Gasteiger partial charge >= 0.3 is 5.97 Å². The summed E-state index contributed by atoms with van der Waals surface area (Å²) in [5, 5.41) is 12.6. The molecule has 2 atom stereocenters. The number of nitrogens with zero attached hydrogens (tertiary/aromatic N) is 1. The summed E-state index contributed by atoms with van der Waals surface area (Å²) in [6.07, 6.45) is 0.382. The third kappa shape index (κ3) is 9.01. The highest BCUT2D eigenvalue weighted by Crippen LogP contribution is 2.29. The first-order valence-electron chi connectivity index (χ1n) is 12.1. The fraction of sp³-hybridized carbons (Fsp3) is 0.296. The molecule has 0 saturated heterocycles. The third-order valence-corrected chi connectivity index (χ3v) is 7.56. The molecule has 3 rings (SSSR count). The highest BCUT2D eigenvalue weighted by Gasteiger charge is 2.34. The molecule has 2 aromatic carbocycles. The Morgan fingerprint density at radius 2 is 1.59 bits per heavy atom. The van der Waals surface area contributed by atoms with E-state index in [1.54, 1.807) is 31.2 Å². The zero-order valence-corrected chi connectivity index (χ0v) is 23.9. The molecule has 1 aromatic heterocycles. The largest absolute Gasteiger partial charge is 0.480 e. The summed E-state index contributed by atoms with van der Waals surface area (Å²) in [5.74, 6) is -1.62. The van der Waals surface area contributed by atoms with Crippen LogP contribution in [0.1, 0.15) is 48.7 Å². The minimum Gasteiger partial charge on any atom is -0.480 e. The molecule has 0 bridgehead atoms. The first-order valence-corrected chi connectivity index (χ1v) is 14.3. The summed E-state index contributed by atoms with van der Waals surface area (Å²) in [6.45, 7) is 5.74. The van der Waals surface area contributed by atoms with E-state index in [0.717, 1.165) is 5.56 Å². The summed E-state index contributed by atoms with van der Waals surface area (Å²) in [5.41, 5.74) is 1.02. The van der Waals surface area contributed by atoms with E-state index in [1.807, 2.05) is 44.2 Å². The van der Waals surface area contributed by atoms with Crippen LogP contribution >= 0.6 is 23.2 Å². The van der Waals surface area contributed by atoms with Crippen molar-refractivity contribution in [2.24, 2.45) is 5.92 Å². The summed E-state index contributed by atoms with van der Waals surface area (Å²) in [4.78, 5) is 28.3. The van der Waals surface area contributed by atoms with E-state index in [4.69, 9.17) is 23.2 Å². The van der Waals surface area contributed by atoms with Gasteiger partial charge in [-0.05, 0) is 61.1 Å². The minimum absolute atomic E-state index is 0.0768. The first kappa shape index (κ1) is 30.5. The van der Waals surface area contributed by atoms with Gasteiger partial charge in [0.05, 0.1) is 5.54 Å². The summed E-state index contributed by atoms with van der Waals surface area (Å²) < 4.78 is 31.2. The van der Waals surface area contributed by atoms with Crippen molar-refractivity contribution in [1.82, 2.24) is 14.4 Å². The Morgan fingerprint density at radius 3 is 2.13 bits per heavy atom. The smallest absolute Gasteiger partial charge is 0.322 e. The van der Waals surface area contributed by atoms with Gasteiger partial charge in [-0.25, -0.2) is 4.98 Å². The van der Waals surface area contributed by atoms with Crippen LogP contribution in [0.25, 0.3) is 0 Å². The van der Waals surface area contributed by atoms with Crippen molar-refractivity contribution in [3.63, 3.8) is 0 Å². The lowest BCUT2D eigenvalue weighted by atomic mass is 9.85. The lowest BCUT2D eigenvalue weighted by molar-refractivity contribution is -0.138. The maximum atomic E-state index is 13.1. The number of benzene rings is 2. The SMILES string of the molecule is CC(C)C[C@](C)(NS(=O)(=O)N[C@@H](Cc1ccc(NC(=O)c2cc(Cl)nc(Cl)c2)cc1)C(=O)O)c1ccccc1. The molecular formula is C27H30Cl2N4O5S. The molecule has 0 spiro atoms. The number of hydrogen-bond donors (Lipinski definition) is 4. The predicted molar refractivity (Wildman–Crippen MR) is 152 cm³/mol. The van der Waals surface area contributed by atoms with Crippen LogP contribution in [-0.2, 0) is 27.0 Å². The molecule has 12 heteroatoms. The lowest BCUT2D eigenvalue weighted by Crippen LogP contribution is -2.53. The van der Waals surface area contributed by atoms with Crippen molar-refractivity contribution in [2.45, 2.75) is 45.2 Å². The fourth-order valence-corrected chi connectivity index (χ4v) is 6.17. The van der Waals surface area contributed by atoms with Crippen molar-refractivity contribution >= 4 is 51.0 Å². The van der Waals surface area contributed by atoms with E-state index in [2.05, 4.69) is 19.7 Å². The van der Waals surface area contributed by atoms with E-state index >= 15 is 0 Å². The Hall–Kier alpha value is -3.02. The van der Waals surface area contributed by atoms with Crippen LogP contribution in [0, 0.1) is 5.92 Å². The highest BCUT2D eigenvalue weighted by molar-refractivity contribution is 7.87. The molecule has 9 nitrogen and oxygen atoms in total. The van der Waals surface area contributed by atoms with Crippen LogP contribution in [0.15, 0.2) is 66.7 Å². The topological polar surface area (TPSA) is 137 Å². The number of pyridine rings is 1. The number of rotatable bonds is 12. The monoisotopic (exact) mass is 592 g/mol. The van der Waals surface area contributed by atoms with Gasteiger partial charge in [-0.2, -0.15) is 17.9 Å². The molecule has 0 aliphatic carbocycles. The van der Waals surface area contributed by atoms with Crippen molar-refractivity contribution < 1.29 is 23.1 Å². The quantitative estimate of drug-likeness (QED) is 0.218. The van der Waals surface area contributed by atoms with Crippen molar-refractivity contribution in [3.05, 3.63) is 93.7 Å². The van der Waals surface area contributed by atoms with Crippen LogP contribution in [0.2, 0.25) is 10.3 Å². The van der Waals surface area contributed by atoms with Crippen LogP contribution < -0.4 is 14.8 Å². The first-order chi connectivity index (χ1) is 18.3. The molecule has 0 aliphatic rings. The number of anilines is 1. The van der Waals surface area contributed by atoms with Crippen LogP contribution in [0.3, 0.4) is 0 Å². The number of aromatic nitrogens is 1. The number of aliphatic carboxylic acids is 1. The van der Waals surface area contributed by atoms with E-state index < -0.39 is 33.7 Å². The Labute approximate surface area is 238 Å². The average Bonchev–Trinajstić information content (AvgIpc) is 2.83. The molecule has 3 aromatic rings. The van der Waals surface area contributed by atoms with Gasteiger partial charge < -0.3 is 10.4 Å². The van der Waals surface area contributed by atoms with Gasteiger partial charge in [-0.1, -0.05) is 79.5 Å². The zero-order valence-electron chi connectivity index (χ0n) is 21.6. The van der Waals surface area contributed by atoms with Crippen LogP contribution in [0.5, 0.6) is 0 Å².